The maximum atomic E-state index is 13.0. The smallest absolute Gasteiger partial charge is 0.258 e. The molecule has 0 spiro atoms. The number of nitrogens with zero attached hydrogens (tertiary/aromatic N) is 1. The lowest BCUT2D eigenvalue weighted by Crippen LogP contribution is -2.29. The standard InChI is InChI=1S/C27H28N4O/c28-21-11-14-24-23(17-21)25(27(32)30-24)26(20-7-3-1-4-8-20)29-22-12-9-19(10-13-22)18-31-15-5-2-6-16-31/h1,3-4,7-14,17,29H,2,5-6,15-16,18,28H2,(H,30,32)/b26-25-. The fourth-order valence-electron chi connectivity index (χ4n) is 4.53. The Morgan fingerprint density at radius 1 is 0.938 bits per heavy atom. The lowest BCUT2D eigenvalue weighted by Gasteiger charge is -2.26. The quantitative estimate of drug-likeness (QED) is 0.390. The molecule has 32 heavy (non-hydrogen) atoms. The van der Waals surface area contributed by atoms with Crippen LogP contribution in [-0.4, -0.2) is 23.9 Å². The minimum atomic E-state index is -0.126. The van der Waals surface area contributed by atoms with Crippen molar-refractivity contribution in [3.05, 3.63) is 89.5 Å². The Kier molecular flexibility index (Phi) is 5.65. The number of piperidine rings is 1. The molecule has 5 heteroatoms. The van der Waals surface area contributed by atoms with E-state index in [-0.39, 0.29) is 5.91 Å². The van der Waals surface area contributed by atoms with Gasteiger partial charge in [0.2, 0.25) is 0 Å². The number of likely N-dealkylation sites (tertiary alicyclic amines) is 1. The molecule has 1 fully saturated rings. The summed E-state index contributed by atoms with van der Waals surface area (Å²) in [5.41, 5.74) is 12.9. The molecular weight excluding hydrogens is 396 g/mol. The zero-order valence-corrected chi connectivity index (χ0v) is 18.1. The van der Waals surface area contributed by atoms with Crippen LogP contribution in [0, 0.1) is 0 Å². The second kappa shape index (κ2) is 8.89. The maximum Gasteiger partial charge on any atom is 0.258 e. The van der Waals surface area contributed by atoms with Crippen molar-refractivity contribution >= 4 is 34.2 Å². The number of nitrogens with two attached hydrogens (primary N) is 1. The van der Waals surface area contributed by atoms with Crippen LogP contribution in [0.15, 0.2) is 72.8 Å². The van der Waals surface area contributed by atoms with Gasteiger partial charge in [0.25, 0.3) is 5.91 Å². The fraction of sp³-hybridized carbons (Fsp3) is 0.222. The number of carbonyl (C=O) groups is 1. The third-order valence-electron chi connectivity index (χ3n) is 6.18. The lowest BCUT2D eigenvalue weighted by molar-refractivity contribution is -0.110. The minimum absolute atomic E-state index is 0.126. The molecule has 3 aromatic rings. The summed E-state index contributed by atoms with van der Waals surface area (Å²) in [5.74, 6) is -0.126. The number of hydrogen-bond donors (Lipinski definition) is 3. The van der Waals surface area contributed by atoms with Gasteiger partial charge in [-0.2, -0.15) is 0 Å². The molecule has 2 aliphatic rings. The summed E-state index contributed by atoms with van der Waals surface area (Å²) in [7, 11) is 0. The Labute approximate surface area is 188 Å². The molecule has 2 heterocycles. The van der Waals surface area contributed by atoms with Gasteiger partial charge in [0.05, 0.1) is 11.3 Å². The number of amides is 1. The third kappa shape index (κ3) is 4.25. The molecule has 2 aliphatic heterocycles. The van der Waals surface area contributed by atoms with E-state index in [0.717, 1.165) is 34.7 Å². The number of hydrogen-bond acceptors (Lipinski definition) is 4. The van der Waals surface area contributed by atoms with Gasteiger partial charge in [-0.1, -0.05) is 48.9 Å². The molecule has 5 nitrogen and oxygen atoms in total. The number of nitrogens with one attached hydrogen (secondary N) is 2. The first-order chi connectivity index (χ1) is 15.7. The number of nitrogen functional groups attached to an aromatic ring is 1. The highest BCUT2D eigenvalue weighted by Crippen LogP contribution is 2.38. The molecule has 162 valence electrons. The number of anilines is 3. The third-order valence-corrected chi connectivity index (χ3v) is 6.18. The van der Waals surface area contributed by atoms with Gasteiger partial charge in [0.15, 0.2) is 0 Å². The van der Waals surface area contributed by atoms with E-state index < -0.39 is 0 Å². The van der Waals surface area contributed by atoms with Crippen molar-refractivity contribution in [1.82, 2.24) is 4.90 Å². The van der Waals surface area contributed by atoms with E-state index in [0.29, 0.717) is 11.3 Å². The second-order valence-corrected chi connectivity index (χ2v) is 8.53. The highest BCUT2D eigenvalue weighted by molar-refractivity contribution is 6.37. The summed E-state index contributed by atoms with van der Waals surface area (Å²) in [6.07, 6.45) is 3.93. The van der Waals surface area contributed by atoms with E-state index in [2.05, 4.69) is 39.8 Å². The van der Waals surface area contributed by atoms with E-state index in [9.17, 15) is 4.79 Å². The lowest BCUT2D eigenvalue weighted by atomic mass is 9.99. The molecule has 0 unspecified atom stereocenters. The topological polar surface area (TPSA) is 70.4 Å². The van der Waals surface area contributed by atoms with Crippen LogP contribution in [0.4, 0.5) is 17.1 Å². The first-order valence-corrected chi connectivity index (χ1v) is 11.3. The summed E-state index contributed by atoms with van der Waals surface area (Å²) < 4.78 is 0. The van der Waals surface area contributed by atoms with E-state index in [1.165, 1.54) is 37.9 Å². The Morgan fingerprint density at radius 2 is 1.69 bits per heavy atom. The first-order valence-electron chi connectivity index (χ1n) is 11.3. The van der Waals surface area contributed by atoms with Crippen molar-refractivity contribution < 1.29 is 4.79 Å². The van der Waals surface area contributed by atoms with E-state index >= 15 is 0 Å². The van der Waals surface area contributed by atoms with Crippen molar-refractivity contribution in [2.24, 2.45) is 0 Å². The number of fused-ring (bicyclic) bond motifs is 1. The average Bonchev–Trinajstić information content (AvgIpc) is 3.14. The number of benzene rings is 3. The van der Waals surface area contributed by atoms with Gasteiger partial charge in [0, 0.05) is 29.2 Å². The first kappa shape index (κ1) is 20.3. The Hall–Kier alpha value is -3.57. The summed E-state index contributed by atoms with van der Waals surface area (Å²) in [5, 5.41) is 6.49. The van der Waals surface area contributed by atoms with Crippen LogP contribution in [0.2, 0.25) is 0 Å². The monoisotopic (exact) mass is 424 g/mol. The van der Waals surface area contributed by atoms with Crippen LogP contribution in [0.25, 0.3) is 11.3 Å². The maximum absolute atomic E-state index is 13.0. The van der Waals surface area contributed by atoms with Crippen LogP contribution in [0.5, 0.6) is 0 Å². The van der Waals surface area contributed by atoms with Crippen LogP contribution in [-0.2, 0) is 11.3 Å². The zero-order valence-electron chi connectivity index (χ0n) is 18.1. The minimum Gasteiger partial charge on any atom is -0.399 e. The second-order valence-electron chi connectivity index (χ2n) is 8.53. The summed E-state index contributed by atoms with van der Waals surface area (Å²) in [6, 6.07) is 24.0. The molecule has 5 rings (SSSR count). The van der Waals surface area contributed by atoms with Crippen molar-refractivity contribution in [1.29, 1.82) is 0 Å². The molecule has 0 bridgehead atoms. The van der Waals surface area contributed by atoms with Crippen LogP contribution in [0.1, 0.15) is 36.0 Å². The Morgan fingerprint density at radius 3 is 2.44 bits per heavy atom. The Balaban J connectivity index is 1.48. The van der Waals surface area contributed by atoms with Gasteiger partial charge < -0.3 is 16.4 Å². The summed E-state index contributed by atoms with van der Waals surface area (Å²) in [4.78, 5) is 15.5. The van der Waals surface area contributed by atoms with Crippen LogP contribution >= 0.6 is 0 Å². The van der Waals surface area contributed by atoms with Crippen LogP contribution < -0.4 is 16.4 Å². The normalized spacial score (nSPS) is 17.6. The molecule has 1 saturated heterocycles. The predicted molar refractivity (Wildman–Crippen MR) is 132 cm³/mol. The molecule has 0 radical (unpaired) electrons. The summed E-state index contributed by atoms with van der Waals surface area (Å²) in [6.45, 7) is 3.35. The SMILES string of the molecule is Nc1ccc2c(c1)/C(=C(/Nc1ccc(CN3CCCCC3)cc1)c1ccccc1)C(=O)N2. The van der Waals surface area contributed by atoms with Crippen molar-refractivity contribution in [3.8, 4) is 0 Å². The fourth-order valence-corrected chi connectivity index (χ4v) is 4.53. The van der Waals surface area contributed by atoms with Gasteiger partial charge in [-0.15, -0.1) is 0 Å². The van der Waals surface area contributed by atoms with Crippen LogP contribution in [0.3, 0.4) is 0 Å². The highest BCUT2D eigenvalue weighted by Gasteiger charge is 2.28. The van der Waals surface area contributed by atoms with E-state index in [1.54, 1.807) is 6.07 Å². The highest BCUT2D eigenvalue weighted by atomic mass is 16.2. The molecule has 0 atom stereocenters. The van der Waals surface area contributed by atoms with Crippen molar-refractivity contribution in [2.45, 2.75) is 25.8 Å². The zero-order chi connectivity index (χ0) is 21.9. The number of carbonyl (C=O) groups excluding carboxylic acids is 1. The number of rotatable bonds is 5. The van der Waals surface area contributed by atoms with Crippen molar-refractivity contribution in [2.75, 3.05) is 29.5 Å². The molecule has 3 aromatic carbocycles. The predicted octanol–water partition coefficient (Wildman–Crippen LogP) is 5.19. The Bertz CT molecular complexity index is 1150. The molecule has 0 aromatic heterocycles. The molecule has 4 N–H and O–H groups in total. The van der Waals surface area contributed by atoms with Gasteiger partial charge in [-0.05, 0) is 67.4 Å². The molecule has 1 amide bonds. The van der Waals surface area contributed by atoms with E-state index in [1.807, 2.05) is 42.5 Å². The van der Waals surface area contributed by atoms with E-state index in [4.69, 9.17) is 5.73 Å². The van der Waals surface area contributed by atoms with Gasteiger partial charge in [0.1, 0.15) is 0 Å². The van der Waals surface area contributed by atoms with Gasteiger partial charge in [-0.3, -0.25) is 9.69 Å². The van der Waals surface area contributed by atoms with Gasteiger partial charge >= 0.3 is 0 Å². The molecular formula is C27H28N4O. The molecule has 0 aliphatic carbocycles. The van der Waals surface area contributed by atoms with Crippen molar-refractivity contribution in [3.63, 3.8) is 0 Å². The largest absolute Gasteiger partial charge is 0.399 e. The average molecular weight is 425 g/mol. The van der Waals surface area contributed by atoms with Gasteiger partial charge in [-0.25, -0.2) is 0 Å². The molecule has 0 saturated carbocycles. The summed E-state index contributed by atoms with van der Waals surface area (Å²) >= 11 is 0.